The monoisotopic (exact) mass is 276 g/mol. The van der Waals surface area contributed by atoms with E-state index in [4.69, 9.17) is 0 Å². The molecule has 1 aliphatic carbocycles. The zero-order chi connectivity index (χ0) is 14.5. The first-order chi connectivity index (χ1) is 9.60. The Bertz CT molecular complexity index is 444. The minimum atomic E-state index is -0.131. The molecule has 1 saturated carbocycles. The highest BCUT2D eigenvalue weighted by atomic mass is 16.3. The Hall–Kier alpha value is -1.39. The van der Waals surface area contributed by atoms with Crippen molar-refractivity contribution in [1.82, 2.24) is 10.2 Å². The van der Waals surface area contributed by atoms with Crippen LogP contribution in [0.3, 0.4) is 0 Å². The second-order valence-corrected chi connectivity index (χ2v) is 5.73. The van der Waals surface area contributed by atoms with Gasteiger partial charge in [-0.05, 0) is 43.5 Å². The summed E-state index contributed by atoms with van der Waals surface area (Å²) in [6.45, 7) is 1.77. The number of hydrogen-bond acceptors (Lipinski definition) is 3. The fourth-order valence-corrected chi connectivity index (χ4v) is 2.91. The van der Waals surface area contributed by atoms with Crippen LogP contribution < -0.4 is 5.32 Å². The topological polar surface area (TPSA) is 52.6 Å². The minimum absolute atomic E-state index is 0.0565. The average molecular weight is 276 g/mol. The molecule has 20 heavy (non-hydrogen) atoms. The van der Waals surface area contributed by atoms with E-state index < -0.39 is 0 Å². The quantitative estimate of drug-likeness (QED) is 0.859. The molecule has 0 radical (unpaired) electrons. The van der Waals surface area contributed by atoms with Gasteiger partial charge in [-0.2, -0.15) is 0 Å². The molecule has 0 bridgehead atoms. The molecule has 0 heterocycles. The van der Waals surface area contributed by atoms with Gasteiger partial charge in [0, 0.05) is 25.7 Å². The van der Waals surface area contributed by atoms with E-state index in [0.29, 0.717) is 11.5 Å². The highest BCUT2D eigenvalue weighted by Crippen LogP contribution is 2.26. The second-order valence-electron chi connectivity index (χ2n) is 5.73. The summed E-state index contributed by atoms with van der Waals surface area (Å²) >= 11 is 0. The van der Waals surface area contributed by atoms with E-state index in [1.807, 2.05) is 24.3 Å². The van der Waals surface area contributed by atoms with Crippen LogP contribution in [0.4, 0.5) is 0 Å². The number of benzene rings is 1. The van der Waals surface area contributed by atoms with Crippen LogP contribution in [-0.4, -0.2) is 42.7 Å². The Balaban J connectivity index is 1.87. The number of carbonyl (C=O) groups excluding carboxylic acids is 1. The van der Waals surface area contributed by atoms with E-state index in [1.54, 1.807) is 7.05 Å². The summed E-state index contributed by atoms with van der Waals surface area (Å²) in [6.07, 6.45) is 3.08. The lowest BCUT2D eigenvalue weighted by Crippen LogP contribution is -2.29. The molecule has 0 aromatic heterocycles. The maximum absolute atomic E-state index is 11.5. The zero-order valence-electron chi connectivity index (χ0n) is 12.3. The van der Waals surface area contributed by atoms with Crippen molar-refractivity contribution < 1.29 is 9.90 Å². The molecule has 1 aromatic carbocycles. The predicted octanol–water partition coefficient (Wildman–Crippen LogP) is 1.64. The van der Waals surface area contributed by atoms with Gasteiger partial charge in [0.15, 0.2) is 0 Å². The van der Waals surface area contributed by atoms with E-state index >= 15 is 0 Å². The van der Waals surface area contributed by atoms with Gasteiger partial charge in [0.25, 0.3) is 5.91 Å². The highest BCUT2D eigenvalue weighted by molar-refractivity contribution is 5.93. The minimum Gasteiger partial charge on any atom is -0.393 e. The summed E-state index contributed by atoms with van der Waals surface area (Å²) in [6, 6.07) is 7.69. The summed E-state index contributed by atoms with van der Waals surface area (Å²) in [4.78, 5) is 13.7. The van der Waals surface area contributed by atoms with Crippen molar-refractivity contribution in [3.05, 3.63) is 35.4 Å². The third-order valence-electron chi connectivity index (χ3n) is 4.06. The van der Waals surface area contributed by atoms with Crippen LogP contribution in [0.25, 0.3) is 0 Å². The van der Waals surface area contributed by atoms with Crippen LogP contribution in [0.15, 0.2) is 24.3 Å². The molecule has 4 heteroatoms. The molecule has 0 spiro atoms. The lowest BCUT2D eigenvalue weighted by molar-refractivity contribution is 0.0962. The van der Waals surface area contributed by atoms with Gasteiger partial charge in [0.2, 0.25) is 0 Å². The van der Waals surface area contributed by atoms with Crippen molar-refractivity contribution in [2.75, 3.05) is 20.6 Å². The van der Waals surface area contributed by atoms with Gasteiger partial charge in [-0.1, -0.05) is 18.6 Å². The number of nitrogens with zero attached hydrogens (tertiary/aromatic N) is 1. The number of nitrogens with one attached hydrogen (secondary N) is 1. The summed E-state index contributed by atoms with van der Waals surface area (Å²) in [5.74, 6) is 0.351. The van der Waals surface area contributed by atoms with Gasteiger partial charge in [-0.25, -0.2) is 0 Å². The molecule has 2 N–H and O–H groups in total. The molecule has 1 aromatic rings. The van der Waals surface area contributed by atoms with Gasteiger partial charge < -0.3 is 15.3 Å². The van der Waals surface area contributed by atoms with Crippen molar-refractivity contribution in [2.24, 2.45) is 5.92 Å². The third kappa shape index (κ3) is 3.81. The van der Waals surface area contributed by atoms with E-state index in [0.717, 1.165) is 32.4 Å². The molecule has 110 valence electrons. The molecular formula is C16H24N2O2. The Morgan fingerprint density at radius 1 is 1.35 bits per heavy atom. The fourth-order valence-electron chi connectivity index (χ4n) is 2.91. The lowest BCUT2D eigenvalue weighted by Gasteiger charge is -2.23. The standard InChI is InChI=1S/C16H24N2O2/c1-17-16(20)13-8-6-12(7-9-13)10-18(2)11-14-4-3-5-15(14)19/h6-9,14-15,19H,3-5,10-11H2,1-2H3,(H,17,20). The van der Waals surface area contributed by atoms with Crippen LogP contribution in [0.1, 0.15) is 35.2 Å². The number of hydrogen-bond donors (Lipinski definition) is 2. The second kappa shape index (κ2) is 6.86. The smallest absolute Gasteiger partial charge is 0.251 e. The van der Waals surface area contributed by atoms with Gasteiger partial charge >= 0.3 is 0 Å². The van der Waals surface area contributed by atoms with Crippen LogP contribution in [-0.2, 0) is 6.54 Å². The molecule has 1 fully saturated rings. The number of rotatable bonds is 5. The SMILES string of the molecule is CNC(=O)c1ccc(CN(C)CC2CCCC2O)cc1. The van der Waals surface area contributed by atoms with Crippen molar-refractivity contribution >= 4 is 5.91 Å². The average Bonchev–Trinajstić information content (AvgIpc) is 2.84. The molecule has 2 rings (SSSR count). The third-order valence-corrected chi connectivity index (χ3v) is 4.06. The Morgan fingerprint density at radius 3 is 2.60 bits per heavy atom. The number of amides is 1. The summed E-state index contributed by atoms with van der Waals surface area (Å²) in [7, 11) is 3.72. The zero-order valence-corrected chi connectivity index (χ0v) is 12.3. The maximum Gasteiger partial charge on any atom is 0.251 e. The van der Waals surface area contributed by atoms with Crippen LogP contribution in [0.5, 0.6) is 0 Å². The highest BCUT2D eigenvalue weighted by Gasteiger charge is 2.25. The maximum atomic E-state index is 11.5. The van der Waals surface area contributed by atoms with Crippen LogP contribution >= 0.6 is 0 Å². The first kappa shape index (κ1) is 15.0. The fraction of sp³-hybridized carbons (Fsp3) is 0.562. The van der Waals surface area contributed by atoms with Gasteiger partial charge in [0.05, 0.1) is 6.10 Å². The predicted molar refractivity (Wildman–Crippen MR) is 79.5 cm³/mol. The van der Waals surface area contributed by atoms with Gasteiger partial charge in [-0.3, -0.25) is 4.79 Å². The van der Waals surface area contributed by atoms with Crippen molar-refractivity contribution in [2.45, 2.75) is 31.9 Å². The Kier molecular flexibility index (Phi) is 5.15. The van der Waals surface area contributed by atoms with Crippen molar-refractivity contribution in [1.29, 1.82) is 0 Å². The first-order valence-corrected chi connectivity index (χ1v) is 7.27. The first-order valence-electron chi connectivity index (χ1n) is 7.27. The molecule has 1 amide bonds. The normalized spacial score (nSPS) is 22.2. The summed E-state index contributed by atoms with van der Waals surface area (Å²) in [5, 5.41) is 12.5. The van der Waals surface area contributed by atoms with E-state index in [2.05, 4.69) is 17.3 Å². The molecule has 2 unspecified atom stereocenters. The lowest BCUT2D eigenvalue weighted by atomic mass is 10.1. The molecule has 0 saturated heterocycles. The van der Waals surface area contributed by atoms with Crippen LogP contribution in [0.2, 0.25) is 0 Å². The van der Waals surface area contributed by atoms with Crippen LogP contribution in [0, 0.1) is 5.92 Å². The van der Waals surface area contributed by atoms with E-state index in [9.17, 15) is 9.90 Å². The summed E-state index contributed by atoms with van der Waals surface area (Å²) in [5.41, 5.74) is 1.87. The molecule has 4 nitrogen and oxygen atoms in total. The van der Waals surface area contributed by atoms with E-state index in [-0.39, 0.29) is 12.0 Å². The summed E-state index contributed by atoms with van der Waals surface area (Å²) < 4.78 is 0. The number of aliphatic hydroxyl groups excluding tert-OH is 1. The van der Waals surface area contributed by atoms with E-state index in [1.165, 1.54) is 5.56 Å². The Labute approximate surface area is 120 Å². The molecule has 0 aliphatic heterocycles. The molecule has 1 aliphatic rings. The number of aliphatic hydroxyl groups is 1. The number of carbonyl (C=O) groups is 1. The van der Waals surface area contributed by atoms with Gasteiger partial charge in [0.1, 0.15) is 0 Å². The largest absolute Gasteiger partial charge is 0.393 e. The van der Waals surface area contributed by atoms with Crippen molar-refractivity contribution in [3.8, 4) is 0 Å². The molecule has 2 atom stereocenters. The van der Waals surface area contributed by atoms with Crippen molar-refractivity contribution in [3.63, 3.8) is 0 Å². The molecular weight excluding hydrogens is 252 g/mol. The Morgan fingerprint density at radius 2 is 2.05 bits per heavy atom. The van der Waals surface area contributed by atoms with Gasteiger partial charge in [-0.15, -0.1) is 0 Å².